The van der Waals surface area contributed by atoms with E-state index in [1.165, 1.54) is 55.3 Å². The van der Waals surface area contributed by atoms with Gasteiger partial charge in [-0.1, -0.05) is 67.6 Å². The predicted molar refractivity (Wildman–Crippen MR) is 136 cm³/mol. The maximum absolute atomic E-state index is 5.76. The minimum atomic E-state index is 0.438. The normalized spacial score (nSPS) is 18.9. The molecule has 0 fully saturated rings. The lowest BCUT2D eigenvalue weighted by molar-refractivity contribution is 0.354. The summed E-state index contributed by atoms with van der Waals surface area (Å²) in [6, 6.07) is 26.7. The van der Waals surface area contributed by atoms with Crippen LogP contribution in [0.3, 0.4) is 0 Å². The zero-order valence-electron chi connectivity index (χ0n) is 19.4. The first-order valence-corrected chi connectivity index (χ1v) is 11.8. The molecule has 2 aliphatic carbocycles. The number of hydrogen-bond donors (Lipinski definition) is 0. The van der Waals surface area contributed by atoms with Crippen molar-refractivity contribution < 1.29 is 9.47 Å². The molecule has 0 saturated carbocycles. The molecule has 0 heterocycles. The molecule has 0 aliphatic heterocycles. The Morgan fingerprint density at radius 1 is 0.697 bits per heavy atom. The molecule has 2 heteroatoms. The number of ether oxygens (including phenoxy) is 2. The van der Waals surface area contributed by atoms with Crippen molar-refractivity contribution in [3.05, 3.63) is 106 Å². The van der Waals surface area contributed by atoms with Crippen molar-refractivity contribution in [3.63, 3.8) is 0 Å². The first kappa shape index (κ1) is 20.1. The van der Waals surface area contributed by atoms with Crippen LogP contribution in [0.4, 0.5) is 0 Å². The van der Waals surface area contributed by atoms with Crippen LogP contribution in [-0.4, -0.2) is 14.2 Å². The average Bonchev–Trinajstić information content (AvgIpc) is 3.10. The lowest BCUT2D eigenvalue weighted by atomic mass is 9.84. The van der Waals surface area contributed by atoms with Crippen molar-refractivity contribution in [1.29, 1.82) is 0 Å². The van der Waals surface area contributed by atoms with Crippen LogP contribution in [-0.2, 0) is 19.3 Å². The van der Waals surface area contributed by atoms with Crippen molar-refractivity contribution >= 4 is 21.9 Å². The fourth-order valence-electron chi connectivity index (χ4n) is 5.90. The molecule has 1 unspecified atom stereocenters. The van der Waals surface area contributed by atoms with Crippen molar-refractivity contribution in [3.8, 4) is 11.5 Å². The van der Waals surface area contributed by atoms with E-state index >= 15 is 0 Å². The van der Waals surface area contributed by atoms with Gasteiger partial charge in [0.25, 0.3) is 0 Å². The molecule has 0 saturated heterocycles. The minimum Gasteiger partial charge on any atom is -0.493 e. The second-order valence-corrected chi connectivity index (χ2v) is 9.24. The quantitative estimate of drug-likeness (QED) is 0.336. The predicted octanol–water partition coefficient (Wildman–Crippen LogP) is 7.11. The Morgan fingerprint density at radius 2 is 1.42 bits per heavy atom. The highest BCUT2D eigenvalue weighted by molar-refractivity contribution is 6.09. The van der Waals surface area contributed by atoms with Gasteiger partial charge in [-0.25, -0.2) is 0 Å². The number of methoxy groups -OCH3 is 2. The zero-order chi connectivity index (χ0) is 22.5. The van der Waals surface area contributed by atoms with Gasteiger partial charge in [-0.2, -0.15) is 0 Å². The maximum Gasteiger partial charge on any atom is 0.161 e. The van der Waals surface area contributed by atoms with Crippen LogP contribution >= 0.6 is 0 Å². The third-order valence-electron chi connectivity index (χ3n) is 7.40. The first-order chi connectivity index (χ1) is 16.2. The van der Waals surface area contributed by atoms with E-state index in [0.717, 1.165) is 30.8 Å². The monoisotopic (exact) mass is 432 g/mol. The molecule has 4 aromatic rings. The summed E-state index contributed by atoms with van der Waals surface area (Å²) < 4.78 is 11.4. The number of benzene rings is 4. The SMILES string of the molecule is COc1cc2c(cc1OC)/C(=C1\c3c(ccc4ccccc34)CC1C)c1ccccc1CC2. The van der Waals surface area contributed by atoms with Crippen LogP contribution in [0.25, 0.3) is 21.9 Å². The molecule has 0 bridgehead atoms. The van der Waals surface area contributed by atoms with Gasteiger partial charge in [0.05, 0.1) is 14.2 Å². The first-order valence-electron chi connectivity index (χ1n) is 11.8. The molecule has 33 heavy (non-hydrogen) atoms. The average molecular weight is 433 g/mol. The van der Waals surface area contributed by atoms with E-state index < -0.39 is 0 Å². The molecule has 1 atom stereocenters. The van der Waals surface area contributed by atoms with Crippen molar-refractivity contribution in [1.82, 2.24) is 0 Å². The summed E-state index contributed by atoms with van der Waals surface area (Å²) in [6.45, 7) is 2.38. The Morgan fingerprint density at radius 3 is 2.27 bits per heavy atom. The van der Waals surface area contributed by atoms with Gasteiger partial charge in [0.2, 0.25) is 0 Å². The summed E-state index contributed by atoms with van der Waals surface area (Å²) in [5.74, 6) is 2.03. The van der Waals surface area contributed by atoms with E-state index in [2.05, 4.69) is 79.7 Å². The molecule has 2 aliphatic rings. The Kier molecular flexibility index (Phi) is 4.76. The van der Waals surface area contributed by atoms with Gasteiger partial charge >= 0.3 is 0 Å². The second kappa shape index (κ2) is 7.81. The van der Waals surface area contributed by atoms with Crippen LogP contribution in [0.5, 0.6) is 11.5 Å². The van der Waals surface area contributed by atoms with Crippen molar-refractivity contribution in [2.75, 3.05) is 14.2 Å². The molecule has 0 N–H and O–H groups in total. The number of rotatable bonds is 2. The fraction of sp³-hybridized carbons (Fsp3) is 0.226. The molecular weight excluding hydrogens is 404 g/mol. The van der Waals surface area contributed by atoms with E-state index in [4.69, 9.17) is 9.47 Å². The van der Waals surface area contributed by atoms with Gasteiger partial charge < -0.3 is 9.47 Å². The summed E-state index contributed by atoms with van der Waals surface area (Å²) >= 11 is 0. The van der Waals surface area contributed by atoms with E-state index in [1.54, 1.807) is 14.2 Å². The highest BCUT2D eigenvalue weighted by atomic mass is 16.5. The van der Waals surface area contributed by atoms with Gasteiger partial charge in [0.15, 0.2) is 11.5 Å². The Balaban J connectivity index is 1.76. The molecular formula is C31H28O2. The molecule has 4 aromatic carbocycles. The molecule has 2 nitrogen and oxygen atoms in total. The lowest BCUT2D eigenvalue weighted by Crippen LogP contribution is -2.02. The summed E-state index contributed by atoms with van der Waals surface area (Å²) in [5, 5.41) is 2.66. The summed E-state index contributed by atoms with van der Waals surface area (Å²) in [6.07, 6.45) is 3.08. The molecule has 164 valence electrons. The fourth-order valence-corrected chi connectivity index (χ4v) is 5.90. The van der Waals surface area contributed by atoms with E-state index in [0.29, 0.717) is 5.92 Å². The zero-order valence-corrected chi connectivity index (χ0v) is 19.4. The number of aryl methyl sites for hydroxylation is 2. The van der Waals surface area contributed by atoms with Crippen LogP contribution in [0.1, 0.15) is 40.3 Å². The van der Waals surface area contributed by atoms with Crippen LogP contribution in [0, 0.1) is 5.92 Å². The van der Waals surface area contributed by atoms with Gasteiger partial charge in [-0.3, -0.25) is 0 Å². The van der Waals surface area contributed by atoms with Crippen molar-refractivity contribution in [2.45, 2.75) is 26.2 Å². The summed E-state index contributed by atoms with van der Waals surface area (Å²) in [4.78, 5) is 0. The van der Waals surface area contributed by atoms with E-state index in [1.807, 2.05) is 0 Å². The molecule has 0 amide bonds. The topological polar surface area (TPSA) is 18.5 Å². The van der Waals surface area contributed by atoms with Gasteiger partial charge in [-0.05, 0) is 92.6 Å². The second-order valence-electron chi connectivity index (χ2n) is 9.24. The Labute approximate surface area is 195 Å². The summed E-state index contributed by atoms with van der Waals surface area (Å²) in [7, 11) is 3.44. The molecule has 0 spiro atoms. The molecule has 0 aromatic heterocycles. The van der Waals surface area contributed by atoms with E-state index in [9.17, 15) is 0 Å². The Hall–Kier alpha value is -3.52. The highest BCUT2D eigenvalue weighted by Crippen LogP contribution is 2.50. The van der Waals surface area contributed by atoms with E-state index in [-0.39, 0.29) is 0 Å². The van der Waals surface area contributed by atoms with Gasteiger partial charge in [-0.15, -0.1) is 0 Å². The maximum atomic E-state index is 5.76. The van der Waals surface area contributed by atoms with Crippen LogP contribution in [0.15, 0.2) is 72.8 Å². The van der Waals surface area contributed by atoms with Crippen LogP contribution in [0.2, 0.25) is 0 Å². The smallest absolute Gasteiger partial charge is 0.161 e. The third kappa shape index (κ3) is 3.08. The van der Waals surface area contributed by atoms with Gasteiger partial charge in [0.1, 0.15) is 0 Å². The summed E-state index contributed by atoms with van der Waals surface area (Å²) in [5.41, 5.74) is 11.1. The standard InChI is InChI=1S/C31H28O2/c1-19-16-23-15-13-20-8-4-6-10-24(20)30(23)29(19)31-25-11-7-5-9-21(25)12-14-22-17-27(32-2)28(33-3)18-26(22)31/h4-11,13,15,17-19H,12,14,16H2,1-3H3/b31-29-. The largest absolute Gasteiger partial charge is 0.493 e. The highest BCUT2D eigenvalue weighted by Gasteiger charge is 2.32. The van der Waals surface area contributed by atoms with Crippen molar-refractivity contribution in [2.24, 2.45) is 5.92 Å². The molecule has 6 rings (SSSR count). The van der Waals surface area contributed by atoms with Gasteiger partial charge in [0, 0.05) is 0 Å². The number of hydrogen-bond acceptors (Lipinski definition) is 2. The number of allylic oxidation sites excluding steroid dienone is 1. The lowest BCUT2D eigenvalue weighted by Gasteiger charge is -2.21. The molecule has 0 radical (unpaired) electrons. The van der Waals surface area contributed by atoms with Crippen LogP contribution < -0.4 is 9.47 Å². The third-order valence-corrected chi connectivity index (χ3v) is 7.40. The Bertz CT molecular complexity index is 1430. The minimum absolute atomic E-state index is 0.438. The number of fused-ring (bicyclic) bond motifs is 5.